The summed E-state index contributed by atoms with van der Waals surface area (Å²) in [7, 11) is -3.40. The zero-order valence-electron chi connectivity index (χ0n) is 17.8. The number of anilines is 1. The molecule has 9 heteroatoms. The average molecular weight is 432 g/mol. The van der Waals surface area contributed by atoms with Crippen LogP contribution >= 0.6 is 0 Å². The number of hydrogen-bond acceptors (Lipinski definition) is 5. The maximum absolute atomic E-state index is 12.5. The molecule has 0 saturated carbocycles. The minimum Gasteiger partial charge on any atom is -0.324 e. The summed E-state index contributed by atoms with van der Waals surface area (Å²) in [6.45, 7) is 7.96. The van der Waals surface area contributed by atoms with Gasteiger partial charge in [0.2, 0.25) is 10.0 Å². The molecule has 1 aliphatic rings. The van der Waals surface area contributed by atoms with Gasteiger partial charge in [-0.25, -0.2) is 22.9 Å². The van der Waals surface area contributed by atoms with Crippen LogP contribution in [-0.4, -0.2) is 53.2 Å². The molecule has 1 aromatic heterocycles. The molecule has 162 valence electrons. The lowest BCUT2D eigenvalue weighted by molar-refractivity contribution is 0.192. The topological polar surface area (TPSA) is 104 Å². The third-order valence-electron chi connectivity index (χ3n) is 5.22. The van der Waals surface area contributed by atoms with Crippen molar-refractivity contribution in [2.24, 2.45) is 0 Å². The lowest BCUT2D eigenvalue weighted by atomic mass is 10.1. The smallest absolute Gasteiger partial charge is 0.323 e. The van der Waals surface area contributed by atoms with E-state index in [4.69, 9.17) is 0 Å². The van der Waals surface area contributed by atoms with E-state index in [0.717, 1.165) is 16.8 Å². The highest BCUT2D eigenvalue weighted by Gasteiger charge is 2.33. The Morgan fingerprint density at radius 3 is 2.33 bits per heavy atom. The summed E-state index contributed by atoms with van der Waals surface area (Å²) < 4.78 is 26.5. The standard InChI is InChI=1S/C21H29N5O3S/c1-15-7-5-6-8-17(15)18-13-23-19(14-22-18)24-20(27)26-11-9-16(10-12-26)25-30(28,29)21(2,3)4/h5-8,13-14,16,25H,9-12H2,1-4H3,(H,23,24,27). The Kier molecular flexibility index (Phi) is 6.42. The molecule has 0 unspecified atom stereocenters. The van der Waals surface area contributed by atoms with Crippen molar-refractivity contribution in [2.45, 2.75) is 51.3 Å². The summed E-state index contributed by atoms with van der Waals surface area (Å²) in [5.74, 6) is 0.382. The molecular formula is C21H29N5O3S. The Balaban J connectivity index is 1.54. The highest BCUT2D eigenvalue weighted by Crippen LogP contribution is 2.21. The van der Waals surface area contributed by atoms with Crippen LogP contribution in [0.1, 0.15) is 39.2 Å². The van der Waals surface area contributed by atoms with Crippen LogP contribution in [0.2, 0.25) is 0 Å². The Labute approximate surface area is 178 Å². The van der Waals surface area contributed by atoms with E-state index in [-0.39, 0.29) is 12.1 Å². The minimum absolute atomic E-state index is 0.161. The summed E-state index contributed by atoms with van der Waals surface area (Å²) in [6.07, 6.45) is 4.33. The molecule has 2 heterocycles. The number of amides is 2. The zero-order chi connectivity index (χ0) is 21.9. The zero-order valence-corrected chi connectivity index (χ0v) is 18.7. The number of sulfonamides is 1. The molecule has 1 aromatic carbocycles. The lowest BCUT2D eigenvalue weighted by Crippen LogP contribution is -2.50. The fraction of sp³-hybridized carbons (Fsp3) is 0.476. The van der Waals surface area contributed by atoms with E-state index in [1.165, 1.54) is 0 Å². The second-order valence-corrected chi connectivity index (χ2v) is 11.0. The molecule has 8 nitrogen and oxygen atoms in total. The van der Waals surface area contributed by atoms with Crippen LogP contribution in [0.25, 0.3) is 11.3 Å². The molecule has 1 aliphatic heterocycles. The molecule has 30 heavy (non-hydrogen) atoms. The summed E-state index contributed by atoms with van der Waals surface area (Å²) in [4.78, 5) is 22.9. The van der Waals surface area contributed by atoms with Gasteiger partial charge in [-0.3, -0.25) is 10.3 Å². The Bertz CT molecular complexity index is 992. The third kappa shape index (κ3) is 5.14. The van der Waals surface area contributed by atoms with Gasteiger partial charge in [0.15, 0.2) is 5.82 Å². The van der Waals surface area contributed by atoms with E-state index in [1.54, 1.807) is 38.1 Å². The van der Waals surface area contributed by atoms with E-state index in [9.17, 15) is 13.2 Å². The summed E-state index contributed by atoms with van der Waals surface area (Å²) >= 11 is 0. The van der Waals surface area contributed by atoms with Gasteiger partial charge in [-0.1, -0.05) is 24.3 Å². The van der Waals surface area contributed by atoms with Crippen molar-refractivity contribution >= 4 is 21.9 Å². The number of aromatic nitrogens is 2. The summed E-state index contributed by atoms with van der Waals surface area (Å²) in [6, 6.07) is 7.49. The molecule has 3 rings (SSSR count). The number of nitrogens with one attached hydrogen (secondary N) is 2. The molecule has 2 N–H and O–H groups in total. The second-order valence-electron chi connectivity index (χ2n) is 8.53. The van der Waals surface area contributed by atoms with E-state index in [1.807, 2.05) is 31.2 Å². The van der Waals surface area contributed by atoms with Gasteiger partial charge in [-0.2, -0.15) is 0 Å². The number of hydrogen-bond donors (Lipinski definition) is 2. The van der Waals surface area contributed by atoms with Crippen molar-refractivity contribution in [1.29, 1.82) is 0 Å². The van der Waals surface area contributed by atoms with Crippen molar-refractivity contribution in [3.63, 3.8) is 0 Å². The number of piperidine rings is 1. The number of carbonyl (C=O) groups excluding carboxylic acids is 1. The van der Waals surface area contributed by atoms with Gasteiger partial charge in [-0.15, -0.1) is 0 Å². The Morgan fingerprint density at radius 2 is 1.77 bits per heavy atom. The molecule has 1 saturated heterocycles. The number of nitrogens with zero attached hydrogens (tertiary/aromatic N) is 3. The number of rotatable bonds is 4. The van der Waals surface area contributed by atoms with Gasteiger partial charge in [0.05, 0.1) is 22.8 Å². The van der Waals surface area contributed by atoms with E-state index >= 15 is 0 Å². The molecular weight excluding hydrogens is 402 g/mol. The highest BCUT2D eigenvalue weighted by molar-refractivity contribution is 7.90. The molecule has 2 aromatic rings. The average Bonchev–Trinajstić information content (AvgIpc) is 2.68. The summed E-state index contributed by atoms with van der Waals surface area (Å²) in [5.41, 5.74) is 2.86. The van der Waals surface area contributed by atoms with Crippen molar-refractivity contribution in [3.05, 3.63) is 42.2 Å². The first-order valence-corrected chi connectivity index (χ1v) is 11.5. The normalized spacial score (nSPS) is 15.8. The fourth-order valence-electron chi connectivity index (χ4n) is 3.18. The van der Waals surface area contributed by atoms with Crippen LogP contribution in [-0.2, 0) is 10.0 Å². The molecule has 0 spiro atoms. The molecule has 0 bridgehead atoms. The van der Waals surface area contributed by atoms with Gasteiger partial charge in [0.25, 0.3) is 0 Å². The molecule has 0 atom stereocenters. The number of urea groups is 1. The van der Waals surface area contributed by atoms with E-state index in [0.29, 0.717) is 31.7 Å². The van der Waals surface area contributed by atoms with Crippen LogP contribution < -0.4 is 10.0 Å². The molecule has 0 aliphatic carbocycles. The van der Waals surface area contributed by atoms with Crippen LogP contribution in [0.3, 0.4) is 0 Å². The summed E-state index contributed by atoms with van der Waals surface area (Å²) in [5, 5.41) is 2.77. The third-order valence-corrected chi connectivity index (χ3v) is 7.47. The lowest BCUT2D eigenvalue weighted by Gasteiger charge is -2.33. The van der Waals surface area contributed by atoms with Gasteiger partial charge in [0, 0.05) is 24.7 Å². The number of carbonyl (C=O) groups is 1. The molecule has 1 fully saturated rings. The minimum atomic E-state index is -3.40. The van der Waals surface area contributed by atoms with Crippen LogP contribution in [0, 0.1) is 6.92 Å². The first kappa shape index (κ1) is 22.2. The quantitative estimate of drug-likeness (QED) is 0.774. The first-order chi connectivity index (χ1) is 14.1. The van der Waals surface area contributed by atoms with Gasteiger partial charge >= 0.3 is 6.03 Å². The van der Waals surface area contributed by atoms with Crippen molar-refractivity contribution in [2.75, 3.05) is 18.4 Å². The molecule has 0 radical (unpaired) electrons. The number of likely N-dealkylation sites (tertiary alicyclic amines) is 1. The maximum atomic E-state index is 12.5. The van der Waals surface area contributed by atoms with Gasteiger partial charge in [0.1, 0.15) is 0 Å². The van der Waals surface area contributed by atoms with Crippen LogP contribution in [0.15, 0.2) is 36.7 Å². The van der Waals surface area contributed by atoms with Gasteiger partial charge in [-0.05, 0) is 46.1 Å². The SMILES string of the molecule is Cc1ccccc1-c1cnc(NC(=O)N2CCC(NS(=O)(=O)C(C)(C)C)CC2)cn1. The molecule has 2 amide bonds. The Hall–Kier alpha value is -2.52. The van der Waals surface area contributed by atoms with Crippen molar-refractivity contribution in [1.82, 2.24) is 19.6 Å². The number of benzene rings is 1. The van der Waals surface area contributed by atoms with E-state index in [2.05, 4.69) is 20.0 Å². The Morgan fingerprint density at radius 1 is 1.10 bits per heavy atom. The fourth-order valence-corrected chi connectivity index (χ4v) is 4.21. The predicted molar refractivity (Wildman–Crippen MR) is 118 cm³/mol. The number of aryl methyl sites for hydroxylation is 1. The monoisotopic (exact) mass is 431 g/mol. The van der Waals surface area contributed by atoms with Crippen LogP contribution in [0.5, 0.6) is 0 Å². The van der Waals surface area contributed by atoms with Crippen molar-refractivity contribution in [3.8, 4) is 11.3 Å². The largest absolute Gasteiger partial charge is 0.324 e. The first-order valence-electron chi connectivity index (χ1n) is 10.0. The van der Waals surface area contributed by atoms with Gasteiger partial charge < -0.3 is 4.90 Å². The van der Waals surface area contributed by atoms with E-state index < -0.39 is 14.8 Å². The van der Waals surface area contributed by atoms with Crippen molar-refractivity contribution < 1.29 is 13.2 Å². The maximum Gasteiger partial charge on any atom is 0.323 e. The predicted octanol–water partition coefficient (Wildman–Crippen LogP) is 3.17. The second kappa shape index (κ2) is 8.69. The highest BCUT2D eigenvalue weighted by atomic mass is 32.2. The van der Waals surface area contributed by atoms with Crippen LogP contribution in [0.4, 0.5) is 10.6 Å².